The molecular weight excluding hydrogens is 306 g/mol. The Morgan fingerprint density at radius 2 is 1.40 bits per heavy atom. The lowest BCUT2D eigenvalue weighted by atomic mass is 9.99. The van der Waals surface area contributed by atoms with Crippen molar-refractivity contribution in [1.82, 2.24) is 0 Å². The number of benzene rings is 3. The molecule has 0 heterocycles. The summed E-state index contributed by atoms with van der Waals surface area (Å²) in [6.07, 6.45) is 1.98. The highest BCUT2D eigenvalue weighted by molar-refractivity contribution is 5.38. The molecule has 0 amide bonds. The van der Waals surface area contributed by atoms with Crippen LogP contribution in [-0.4, -0.2) is 5.54 Å². The van der Waals surface area contributed by atoms with Gasteiger partial charge in [-0.05, 0) is 41.7 Å². The Morgan fingerprint density at radius 1 is 0.800 bits per heavy atom. The van der Waals surface area contributed by atoms with Crippen molar-refractivity contribution in [2.24, 2.45) is 5.73 Å². The Hall–Kier alpha value is -2.58. The van der Waals surface area contributed by atoms with Crippen LogP contribution in [0.1, 0.15) is 29.0 Å². The molecule has 0 spiro atoms. The lowest BCUT2D eigenvalue weighted by Gasteiger charge is -2.12. The first kappa shape index (κ1) is 15.9. The Labute approximate surface area is 149 Å². The molecule has 2 heteroatoms. The zero-order chi connectivity index (χ0) is 17.1. The standard InChI is InChI=1S/C23H23NO/c24-23(15-18-7-3-1-4-8-18)16-22(23)20-11-13-21(14-12-20)25-17-19-9-5-2-6-10-19/h1-14,22H,15-17,24H2/t22-,23+/m0/s1. The van der Waals surface area contributed by atoms with E-state index in [-0.39, 0.29) is 5.54 Å². The van der Waals surface area contributed by atoms with E-state index in [0.717, 1.165) is 18.6 Å². The molecule has 0 saturated heterocycles. The Balaban J connectivity index is 1.36. The molecule has 0 unspecified atom stereocenters. The Bertz CT molecular complexity index is 814. The van der Waals surface area contributed by atoms with Gasteiger partial charge >= 0.3 is 0 Å². The van der Waals surface area contributed by atoms with Crippen LogP contribution >= 0.6 is 0 Å². The molecule has 3 aromatic rings. The minimum Gasteiger partial charge on any atom is -0.489 e. The molecule has 1 aliphatic carbocycles. The maximum absolute atomic E-state index is 6.60. The van der Waals surface area contributed by atoms with Gasteiger partial charge in [0.05, 0.1) is 0 Å². The van der Waals surface area contributed by atoms with E-state index in [1.807, 2.05) is 24.3 Å². The molecule has 2 nitrogen and oxygen atoms in total. The second kappa shape index (κ2) is 6.73. The van der Waals surface area contributed by atoms with Gasteiger partial charge in [0.15, 0.2) is 0 Å². The second-order valence-electron chi connectivity index (χ2n) is 7.00. The summed E-state index contributed by atoms with van der Waals surface area (Å²) in [4.78, 5) is 0. The van der Waals surface area contributed by atoms with Crippen molar-refractivity contribution in [3.05, 3.63) is 102 Å². The summed E-state index contributed by atoms with van der Waals surface area (Å²) in [6, 6.07) is 29.2. The van der Waals surface area contributed by atoms with E-state index in [4.69, 9.17) is 10.5 Å². The zero-order valence-corrected chi connectivity index (χ0v) is 14.3. The van der Waals surface area contributed by atoms with Crippen LogP contribution in [0, 0.1) is 0 Å². The largest absolute Gasteiger partial charge is 0.489 e. The van der Waals surface area contributed by atoms with Crippen molar-refractivity contribution in [3.8, 4) is 5.75 Å². The van der Waals surface area contributed by atoms with E-state index in [1.165, 1.54) is 16.7 Å². The van der Waals surface area contributed by atoms with E-state index in [9.17, 15) is 0 Å². The number of nitrogens with two attached hydrogens (primary N) is 1. The Kier molecular flexibility index (Phi) is 4.29. The normalized spacial score (nSPS) is 21.7. The maximum Gasteiger partial charge on any atom is 0.119 e. The van der Waals surface area contributed by atoms with Crippen LogP contribution in [0.25, 0.3) is 0 Å². The average Bonchev–Trinajstić information content (AvgIpc) is 3.33. The lowest BCUT2D eigenvalue weighted by molar-refractivity contribution is 0.306. The van der Waals surface area contributed by atoms with Gasteiger partial charge in [-0.25, -0.2) is 0 Å². The summed E-state index contributed by atoms with van der Waals surface area (Å²) in [5.74, 6) is 1.34. The van der Waals surface area contributed by atoms with E-state index >= 15 is 0 Å². The summed E-state index contributed by atoms with van der Waals surface area (Å²) in [5.41, 5.74) is 10.3. The molecule has 0 bridgehead atoms. The molecule has 3 aromatic carbocycles. The molecule has 25 heavy (non-hydrogen) atoms. The smallest absolute Gasteiger partial charge is 0.119 e. The molecular formula is C23H23NO. The van der Waals surface area contributed by atoms with Gasteiger partial charge in [0.25, 0.3) is 0 Å². The molecule has 1 aliphatic rings. The lowest BCUT2D eigenvalue weighted by Crippen LogP contribution is -2.27. The second-order valence-corrected chi connectivity index (χ2v) is 7.00. The summed E-state index contributed by atoms with van der Waals surface area (Å²) in [7, 11) is 0. The summed E-state index contributed by atoms with van der Waals surface area (Å²) < 4.78 is 5.86. The monoisotopic (exact) mass is 329 g/mol. The predicted molar refractivity (Wildman–Crippen MR) is 102 cm³/mol. The maximum atomic E-state index is 6.60. The van der Waals surface area contributed by atoms with Crippen molar-refractivity contribution < 1.29 is 4.74 Å². The van der Waals surface area contributed by atoms with Gasteiger partial charge in [0, 0.05) is 11.5 Å². The van der Waals surface area contributed by atoms with Crippen LogP contribution in [-0.2, 0) is 13.0 Å². The van der Waals surface area contributed by atoms with Crippen LogP contribution < -0.4 is 10.5 Å². The fraction of sp³-hybridized carbons (Fsp3) is 0.217. The third kappa shape index (κ3) is 3.75. The highest BCUT2D eigenvalue weighted by atomic mass is 16.5. The molecule has 1 fully saturated rings. The van der Waals surface area contributed by atoms with Crippen molar-refractivity contribution in [2.75, 3.05) is 0 Å². The molecule has 1 saturated carbocycles. The van der Waals surface area contributed by atoms with Gasteiger partial charge in [-0.1, -0.05) is 72.8 Å². The van der Waals surface area contributed by atoms with Gasteiger partial charge in [-0.2, -0.15) is 0 Å². The van der Waals surface area contributed by atoms with Crippen molar-refractivity contribution >= 4 is 0 Å². The fourth-order valence-electron chi connectivity index (χ4n) is 3.48. The predicted octanol–water partition coefficient (Wildman–Crippen LogP) is 4.69. The molecule has 0 aromatic heterocycles. The van der Waals surface area contributed by atoms with E-state index in [0.29, 0.717) is 12.5 Å². The third-order valence-electron chi connectivity index (χ3n) is 5.02. The van der Waals surface area contributed by atoms with Gasteiger partial charge in [-0.15, -0.1) is 0 Å². The first-order valence-electron chi connectivity index (χ1n) is 8.82. The van der Waals surface area contributed by atoms with E-state index < -0.39 is 0 Å². The molecule has 2 atom stereocenters. The molecule has 126 valence electrons. The topological polar surface area (TPSA) is 35.2 Å². The van der Waals surface area contributed by atoms with Crippen LogP contribution in [0.3, 0.4) is 0 Å². The van der Waals surface area contributed by atoms with E-state index in [2.05, 4.69) is 60.7 Å². The molecule has 2 N–H and O–H groups in total. The van der Waals surface area contributed by atoms with Crippen LogP contribution in [0.15, 0.2) is 84.9 Å². The minimum absolute atomic E-state index is 0.103. The van der Waals surface area contributed by atoms with E-state index in [1.54, 1.807) is 0 Å². The average molecular weight is 329 g/mol. The van der Waals surface area contributed by atoms with Gasteiger partial charge in [0.2, 0.25) is 0 Å². The van der Waals surface area contributed by atoms with Crippen LogP contribution in [0.4, 0.5) is 0 Å². The van der Waals surface area contributed by atoms with Crippen molar-refractivity contribution in [2.45, 2.75) is 30.9 Å². The zero-order valence-electron chi connectivity index (χ0n) is 14.3. The highest BCUT2D eigenvalue weighted by Crippen LogP contribution is 2.51. The number of hydrogen-bond acceptors (Lipinski definition) is 2. The van der Waals surface area contributed by atoms with Crippen molar-refractivity contribution in [3.63, 3.8) is 0 Å². The first-order chi connectivity index (χ1) is 12.2. The first-order valence-corrected chi connectivity index (χ1v) is 8.82. The quantitative estimate of drug-likeness (QED) is 0.712. The minimum atomic E-state index is -0.103. The number of rotatable bonds is 6. The van der Waals surface area contributed by atoms with Crippen LogP contribution in [0.2, 0.25) is 0 Å². The highest BCUT2D eigenvalue weighted by Gasteiger charge is 2.51. The van der Waals surface area contributed by atoms with Crippen LogP contribution in [0.5, 0.6) is 5.75 Å². The SMILES string of the molecule is N[C@]1(Cc2ccccc2)C[C@H]1c1ccc(OCc2ccccc2)cc1. The molecule has 4 rings (SSSR count). The molecule has 0 radical (unpaired) electrons. The Morgan fingerprint density at radius 3 is 2.04 bits per heavy atom. The summed E-state index contributed by atoms with van der Waals surface area (Å²) >= 11 is 0. The van der Waals surface area contributed by atoms with Crippen molar-refractivity contribution in [1.29, 1.82) is 0 Å². The number of hydrogen-bond donors (Lipinski definition) is 1. The van der Waals surface area contributed by atoms with Gasteiger partial charge in [0.1, 0.15) is 12.4 Å². The number of ether oxygens (including phenoxy) is 1. The van der Waals surface area contributed by atoms with Gasteiger partial charge in [-0.3, -0.25) is 0 Å². The third-order valence-corrected chi connectivity index (χ3v) is 5.02. The fourth-order valence-corrected chi connectivity index (χ4v) is 3.48. The molecule has 0 aliphatic heterocycles. The van der Waals surface area contributed by atoms with Gasteiger partial charge < -0.3 is 10.5 Å². The summed E-state index contributed by atoms with van der Waals surface area (Å²) in [5, 5.41) is 0. The summed E-state index contributed by atoms with van der Waals surface area (Å²) in [6.45, 7) is 0.596.